The van der Waals surface area contributed by atoms with E-state index in [1.165, 1.54) is 12.1 Å². The van der Waals surface area contributed by atoms with Crippen LogP contribution in [0.2, 0.25) is 0 Å². The normalized spacial score (nSPS) is 24.9. The second kappa shape index (κ2) is 5.51. The zero-order valence-electron chi connectivity index (χ0n) is 13.1. The molecule has 1 fully saturated rings. The summed E-state index contributed by atoms with van der Waals surface area (Å²) in [7, 11) is -3.57. The van der Waals surface area contributed by atoms with Crippen molar-refractivity contribution in [3.05, 3.63) is 24.3 Å². The van der Waals surface area contributed by atoms with E-state index in [1.54, 1.807) is 32.9 Å². The van der Waals surface area contributed by atoms with Crippen LogP contribution in [0.4, 0.5) is 5.69 Å². The van der Waals surface area contributed by atoms with Crippen LogP contribution in [0.3, 0.4) is 0 Å². The van der Waals surface area contributed by atoms with Crippen LogP contribution in [0.5, 0.6) is 0 Å². The van der Waals surface area contributed by atoms with E-state index in [9.17, 15) is 13.2 Å². The molecule has 7 heteroatoms. The highest BCUT2D eigenvalue weighted by atomic mass is 35.5. The van der Waals surface area contributed by atoms with E-state index < -0.39 is 21.0 Å². The number of carbonyl (C=O) groups excluding carboxylic acids is 1. The van der Waals surface area contributed by atoms with E-state index in [1.807, 2.05) is 6.92 Å². The third-order valence-corrected chi connectivity index (χ3v) is 5.93. The molecule has 2 atom stereocenters. The molecule has 0 aromatic heterocycles. The molecule has 122 valence electrons. The molecule has 1 aromatic carbocycles. The lowest BCUT2D eigenvalue weighted by molar-refractivity contribution is -0.120. The number of halogens is 1. The first kappa shape index (κ1) is 17.2. The number of benzene rings is 1. The summed E-state index contributed by atoms with van der Waals surface area (Å²) >= 11 is 5.95. The van der Waals surface area contributed by atoms with Gasteiger partial charge < -0.3 is 5.32 Å². The largest absolute Gasteiger partial charge is 0.326 e. The maximum absolute atomic E-state index is 12.2. The minimum atomic E-state index is -3.57. The maximum atomic E-state index is 12.2. The fourth-order valence-corrected chi connectivity index (χ4v) is 3.84. The molecular weight excluding hydrogens is 324 g/mol. The molecule has 22 heavy (non-hydrogen) atoms. The van der Waals surface area contributed by atoms with E-state index in [0.717, 1.165) is 0 Å². The Labute approximate surface area is 136 Å². The summed E-state index contributed by atoms with van der Waals surface area (Å²) in [6, 6.07) is 6.09. The molecular formula is C15H21ClN2O3S. The van der Waals surface area contributed by atoms with Gasteiger partial charge in [-0.1, -0.05) is 0 Å². The Morgan fingerprint density at radius 1 is 1.27 bits per heavy atom. The molecule has 0 heterocycles. The lowest BCUT2D eigenvalue weighted by atomic mass is 10.1. The highest BCUT2D eigenvalue weighted by Crippen LogP contribution is 2.50. The van der Waals surface area contributed by atoms with Crippen molar-refractivity contribution in [3.63, 3.8) is 0 Å². The van der Waals surface area contributed by atoms with Crippen molar-refractivity contribution in [1.82, 2.24) is 4.72 Å². The Balaban J connectivity index is 2.09. The van der Waals surface area contributed by atoms with Gasteiger partial charge in [-0.25, -0.2) is 13.1 Å². The van der Waals surface area contributed by atoms with Crippen LogP contribution >= 0.6 is 11.6 Å². The molecule has 1 aliphatic carbocycles. The van der Waals surface area contributed by atoms with Gasteiger partial charge in [-0.2, -0.15) is 0 Å². The molecule has 1 amide bonds. The van der Waals surface area contributed by atoms with Crippen LogP contribution in [0.15, 0.2) is 29.2 Å². The Hall–Kier alpha value is -1.11. The molecule has 1 aliphatic rings. The predicted molar refractivity (Wildman–Crippen MR) is 87.5 cm³/mol. The van der Waals surface area contributed by atoms with Crippen molar-refractivity contribution in [2.24, 2.45) is 5.41 Å². The van der Waals surface area contributed by atoms with Crippen molar-refractivity contribution in [2.75, 3.05) is 5.32 Å². The maximum Gasteiger partial charge on any atom is 0.241 e. The van der Waals surface area contributed by atoms with Crippen LogP contribution in [-0.2, 0) is 14.8 Å². The van der Waals surface area contributed by atoms with Gasteiger partial charge in [0.25, 0.3) is 0 Å². The average molecular weight is 345 g/mol. The van der Waals surface area contributed by atoms with Crippen LogP contribution < -0.4 is 10.0 Å². The number of alkyl halides is 1. The summed E-state index contributed by atoms with van der Waals surface area (Å²) in [4.78, 5) is 12.2. The predicted octanol–water partition coefficient (Wildman–Crippen LogP) is 2.72. The van der Waals surface area contributed by atoms with E-state index in [4.69, 9.17) is 11.6 Å². The van der Waals surface area contributed by atoms with Crippen molar-refractivity contribution >= 4 is 33.2 Å². The number of carbonyl (C=O) groups is 1. The summed E-state index contributed by atoms with van der Waals surface area (Å²) in [6.07, 6.45) is 0.655. The number of amides is 1. The second-order valence-electron chi connectivity index (χ2n) is 6.92. The van der Waals surface area contributed by atoms with E-state index in [2.05, 4.69) is 10.0 Å². The molecule has 0 aliphatic heterocycles. The third kappa shape index (κ3) is 3.80. The minimum Gasteiger partial charge on any atom is -0.326 e. The minimum absolute atomic E-state index is 0.136. The van der Waals surface area contributed by atoms with Crippen molar-refractivity contribution in [3.8, 4) is 0 Å². The Morgan fingerprint density at radius 2 is 1.77 bits per heavy atom. The summed E-state index contributed by atoms with van der Waals surface area (Å²) < 4.78 is 26.9. The molecule has 1 saturated carbocycles. The van der Waals surface area contributed by atoms with E-state index >= 15 is 0 Å². The Morgan fingerprint density at radius 3 is 2.18 bits per heavy atom. The van der Waals surface area contributed by atoms with Gasteiger partial charge in [0, 0.05) is 16.6 Å². The number of sulfonamides is 1. The number of rotatable bonds is 4. The van der Waals surface area contributed by atoms with E-state index in [0.29, 0.717) is 12.1 Å². The van der Waals surface area contributed by atoms with Gasteiger partial charge in [-0.3, -0.25) is 4.79 Å². The zero-order valence-corrected chi connectivity index (χ0v) is 14.7. The Kier molecular flexibility index (Phi) is 4.32. The molecule has 0 saturated heterocycles. The smallest absolute Gasteiger partial charge is 0.241 e. The first-order chi connectivity index (χ1) is 9.94. The van der Waals surface area contributed by atoms with Gasteiger partial charge in [0.2, 0.25) is 15.9 Å². The van der Waals surface area contributed by atoms with Gasteiger partial charge in [0.05, 0.1) is 10.3 Å². The number of anilines is 1. The summed E-state index contributed by atoms with van der Waals surface area (Å²) in [6.45, 7) is 7.14. The summed E-state index contributed by atoms with van der Waals surface area (Å²) in [5.41, 5.74) is -0.529. The van der Waals surface area contributed by atoms with Gasteiger partial charge in [-0.15, -0.1) is 11.6 Å². The molecule has 0 bridgehead atoms. The average Bonchev–Trinajstić information content (AvgIpc) is 2.96. The lowest BCUT2D eigenvalue weighted by Crippen LogP contribution is -2.40. The zero-order chi connectivity index (χ0) is 16.8. The quantitative estimate of drug-likeness (QED) is 0.824. The van der Waals surface area contributed by atoms with Gasteiger partial charge in [0.15, 0.2) is 0 Å². The topological polar surface area (TPSA) is 75.3 Å². The van der Waals surface area contributed by atoms with Gasteiger partial charge in [0.1, 0.15) is 0 Å². The van der Waals surface area contributed by atoms with Crippen molar-refractivity contribution in [2.45, 2.75) is 49.9 Å². The number of hydrogen-bond acceptors (Lipinski definition) is 3. The number of nitrogens with one attached hydrogen (secondary N) is 2. The van der Waals surface area contributed by atoms with Crippen LogP contribution in [-0.4, -0.2) is 25.2 Å². The van der Waals surface area contributed by atoms with Crippen molar-refractivity contribution in [1.29, 1.82) is 0 Å². The second-order valence-corrected chi connectivity index (χ2v) is 9.13. The third-order valence-electron chi connectivity index (χ3n) is 3.52. The Bertz CT molecular complexity index is 680. The lowest BCUT2D eigenvalue weighted by Gasteiger charge is -2.20. The molecule has 5 nitrogen and oxygen atoms in total. The first-order valence-electron chi connectivity index (χ1n) is 7.04. The SMILES string of the molecule is CC(C)(C)NS(=O)(=O)c1ccc(NC(=O)C2(C)CC2Cl)cc1. The molecule has 2 rings (SSSR count). The van der Waals surface area contributed by atoms with Crippen LogP contribution in [0, 0.1) is 5.41 Å². The molecule has 2 unspecified atom stereocenters. The van der Waals surface area contributed by atoms with Crippen LogP contribution in [0.25, 0.3) is 0 Å². The van der Waals surface area contributed by atoms with Gasteiger partial charge >= 0.3 is 0 Å². The van der Waals surface area contributed by atoms with Crippen LogP contribution in [0.1, 0.15) is 34.1 Å². The first-order valence-corrected chi connectivity index (χ1v) is 8.96. The molecule has 1 aromatic rings. The monoisotopic (exact) mass is 344 g/mol. The fraction of sp³-hybridized carbons (Fsp3) is 0.533. The highest BCUT2D eigenvalue weighted by molar-refractivity contribution is 7.89. The fourth-order valence-electron chi connectivity index (χ4n) is 2.00. The molecule has 0 spiro atoms. The van der Waals surface area contributed by atoms with Gasteiger partial charge in [-0.05, 0) is 58.4 Å². The molecule has 2 N–H and O–H groups in total. The van der Waals surface area contributed by atoms with E-state index in [-0.39, 0.29) is 16.2 Å². The molecule has 0 radical (unpaired) electrons. The number of hydrogen-bond donors (Lipinski definition) is 2. The van der Waals surface area contributed by atoms with Crippen molar-refractivity contribution < 1.29 is 13.2 Å². The summed E-state index contributed by atoms with van der Waals surface area (Å²) in [5.74, 6) is -0.143. The summed E-state index contributed by atoms with van der Waals surface area (Å²) in [5, 5.41) is 2.63. The standard InChI is InChI=1S/C15H21ClN2O3S/c1-14(2,3)18-22(20,21)11-7-5-10(6-8-11)17-13(19)15(4)9-12(15)16/h5-8,12,18H,9H2,1-4H3,(H,17,19). The highest BCUT2D eigenvalue weighted by Gasteiger charge is 2.55.